The molecule has 0 aromatic carbocycles. The predicted molar refractivity (Wildman–Crippen MR) is 82.8 cm³/mol. The van der Waals surface area contributed by atoms with Crippen molar-refractivity contribution in [2.24, 2.45) is 5.41 Å². The molecule has 0 saturated heterocycles. The van der Waals surface area contributed by atoms with E-state index in [4.69, 9.17) is 4.42 Å². The van der Waals surface area contributed by atoms with Crippen LogP contribution < -0.4 is 10.9 Å². The number of carbonyl (C=O) groups is 2. The standard InChI is InChI=1S/C17H23NO4/c1-4-13(19)18-16(21)15-11(2)22-14(20)10-12(15)6-5-7-17(3)8-9-17/h10H,4-9H2,1-3H3,(H,18,19,21). The van der Waals surface area contributed by atoms with Crippen LogP contribution >= 0.6 is 0 Å². The van der Waals surface area contributed by atoms with Crippen LogP contribution in [0.25, 0.3) is 0 Å². The Morgan fingerprint density at radius 1 is 1.36 bits per heavy atom. The Hall–Kier alpha value is -1.91. The molecule has 0 aliphatic heterocycles. The fourth-order valence-electron chi connectivity index (χ4n) is 2.62. The van der Waals surface area contributed by atoms with Gasteiger partial charge in [-0.05, 0) is 50.0 Å². The van der Waals surface area contributed by atoms with Crippen LogP contribution in [-0.4, -0.2) is 11.8 Å². The molecule has 120 valence electrons. The number of hydrogen-bond donors (Lipinski definition) is 1. The number of aryl methyl sites for hydroxylation is 2. The summed E-state index contributed by atoms with van der Waals surface area (Å²) in [5.74, 6) is -0.561. The molecule has 0 unspecified atom stereocenters. The topological polar surface area (TPSA) is 76.4 Å². The lowest BCUT2D eigenvalue weighted by atomic mass is 9.96. The van der Waals surface area contributed by atoms with E-state index >= 15 is 0 Å². The molecular formula is C17H23NO4. The first-order chi connectivity index (χ1) is 10.3. The van der Waals surface area contributed by atoms with E-state index in [1.807, 2.05) is 0 Å². The number of nitrogens with one attached hydrogen (secondary N) is 1. The van der Waals surface area contributed by atoms with Gasteiger partial charge in [0.1, 0.15) is 5.76 Å². The Bertz CT molecular complexity index is 641. The largest absolute Gasteiger partial charge is 0.427 e. The number of imide groups is 1. The molecule has 1 aliphatic rings. The van der Waals surface area contributed by atoms with Gasteiger partial charge in [0.25, 0.3) is 5.91 Å². The summed E-state index contributed by atoms with van der Waals surface area (Å²) >= 11 is 0. The third-order valence-electron chi connectivity index (χ3n) is 4.35. The minimum Gasteiger partial charge on any atom is -0.427 e. The molecule has 2 amide bonds. The molecule has 0 bridgehead atoms. The van der Waals surface area contributed by atoms with Crippen molar-refractivity contribution >= 4 is 11.8 Å². The van der Waals surface area contributed by atoms with Gasteiger partial charge in [0.15, 0.2) is 0 Å². The van der Waals surface area contributed by atoms with Gasteiger partial charge in [-0.15, -0.1) is 0 Å². The molecule has 1 aromatic heterocycles. The first-order valence-electron chi connectivity index (χ1n) is 7.82. The van der Waals surface area contributed by atoms with E-state index in [-0.39, 0.29) is 18.1 Å². The summed E-state index contributed by atoms with van der Waals surface area (Å²) in [5, 5.41) is 2.33. The highest BCUT2D eigenvalue weighted by Crippen LogP contribution is 2.49. The second kappa shape index (κ2) is 6.46. The Morgan fingerprint density at radius 3 is 2.64 bits per heavy atom. The van der Waals surface area contributed by atoms with Crippen molar-refractivity contribution in [2.75, 3.05) is 0 Å². The number of amides is 2. The molecule has 0 radical (unpaired) electrons. The van der Waals surface area contributed by atoms with E-state index in [2.05, 4.69) is 12.2 Å². The monoisotopic (exact) mass is 305 g/mol. The van der Waals surface area contributed by atoms with Gasteiger partial charge >= 0.3 is 5.63 Å². The van der Waals surface area contributed by atoms with Gasteiger partial charge < -0.3 is 4.42 Å². The van der Waals surface area contributed by atoms with E-state index in [1.165, 1.54) is 18.9 Å². The highest BCUT2D eigenvalue weighted by atomic mass is 16.4. The van der Waals surface area contributed by atoms with E-state index in [0.29, 0.717) is 23.0 Å². The summed E-state index contributed by atoms with van der Waals surface area (Å²) in [6.07, 6.45) is 5.38. The molecule has 0 spiro atoms. The smallest absolute Gasteiger partial charge is 0.336 e. The van der Waals surface area contributed by atoms with Crippen LogP contribution in [0.15, 0.2) is 15.3 Å². The molecule has 1 saturated carbocycles. The summed E-state index contributed by atoms with van der Waals surface area (Å²) in [6.45, 7) is 5.52. The molecule has 1 fully saturated rings. The van der Waals surface area contributed by atoms with Gasteiger partial charge in [0.05, 0.1) is 5.56 Å². The molecule has 5 heteroatoms. The van der Waals surface area contributed by atoms with Crippen molar-refractivity contribution in [1.29, 1.82) is 0 Å². The molecular weight excluding hydrogens is 282 g/mol. The molecule has 1 aliphatic carbocycles. The van der Waals surface area contributed by atoms with Crippen LogP contribution in [-0.2, 0) is 11.2 Å². The number of carbonyl (C=O) groups excluding carboxylic acids is 2. The van der Waals surface area contributed by atoms with Gasteiger partial charge in [-0.2, -0.15) is 0 Å². The molecule has 1 N–H and O–H groups in total. The maximum Gasteiger partial charge on any atom is 0.336 e. The summed E-state index contributed by atoms with van der Waals surface area (Å²) in [6, 6.07) is 1.37. The van der Waals surface area contributed by atoms with Gasteiger partial charge in [-0.25, -0.2) is 4.79 Å². The maximum absolute atomic E-state index is 12.2. The van der Waals surface area contributed by atoms with E-state index in [1.54, 1.807) is 13.8 Å². The van der Waals surface area contributed by atoms with Gasteiger partial charge in [-0.3, -0.25) is 14.9 Å². The second-order valence-corrected chi connectivity index (χ2v) is 6.42. The quantitative estimate of drug-likeness (QED) is 0.876. The van der Waals surface area contributed by atoms with Gasteiger partial charge in [0, 0.05) is 12.5 Å². The van der Waals surface area contributed by atoms with Crippen LogP contribution in [0.4, 0.5) is 0 Å². The zero-order chi connectivity index (χ0) is 16.3. The lowest BCUT2D eigenvalue weighted by Crippen LogP contribution is -2.31. The molecule has 5 nitrogen and oxygen atoms in total. The summed E-state index contributed by atoms with van der Waals surface area (Å²) < 4.78 is 5.02. The molecule has 1 heterocycles. The van der Waals surface area contributed by atoms with E-state index in [0.717, 1.165) is 12.8 Å². The Kier molecular flexibility index (Phi) is 4.84. The van der Waals surface area contributed by atoms with Crippen molar-refractivity contribution in [2.45, 2.75) is 59.3 Å². The van der Waals surface area contributed by atoms with E-state index < -0.39 is 11.5 Å². The van der Waals surface area contributed by atoms with Crippen LogP contribution in [0.1, 0.15) is 67.6 Å². The van der Waals surface area contributed by atoms with Crippen LogP contribution in [0.5, 0.6) is 0 Å². The summed E-state index contributed by atoms with van der Waals surface area (Å²) in [7, 11) is 0. The summed E-state index contributed by atoms with van der Waals surface area (Å²) in [5.41, 5.74) is 0.972. The third-order valence-corrected chi connectivity index (χ3v) is 4.35. The van der Waals surface area contributed by atoms with Crippen molar-refractivity contribution in [3.63, 3.8) is 0 Å². The Labute approximate surface area is 130 Å². The lowest BCUT2D eigenvalue weighted by molar-refractivity contribution is -0.119. The second-order valence-electron chi connectivity index (χ2n) is 6.42. The highest BCUT2D eigenvalue weighted by molar-refractivity contribution is 6.05. The first kappa shape index (κ1) is 16.5. The van der Waals surface area contributed by atoms with Crippen molar-refractivity contribution in [3.05, 3.63) is 33.4 Å². The average molecular weight is 305 g/mol. The fraction of sp³-hybridized carbons (Fsp3) is 0.588. The lowest BCUT2D eigenvalue weighted by Gasteiger charge is -2.12. The molecule has 1 aromatic rings. The number of hydrogen-bond acceptors (Lipinski definition) is 4. The molecule has 22 heavy (non-hydrogen) atoms. The van der Waals surface area contributed by atoms with Gasteiger partial charge in [-0.1, -0.05) is 13.8 Å². The first-order valence-corrected chi connectivity index (χ1v) is 7.82. The maximum atomic E-state index is 12.2. The predicted octanol–water partition coefficient (Wildman–Crippen LogP) is 2.74. The van der Waals surface area contributed by atoms with Crippen molar-refractivity contribution < 1.29 is 14.0 Å². The SMILES string of the molecule is CCC(=O)NC(=O)c1c(CCCC2(C)CC2)cc(=O)oc1C. The Balaban J connectivity index is 2.17. The normalized spacial score (nSPS) is 15.4. The molecule has 2 rings (SSSR count). The Morgan fingerprint density at radius 2 is 2.05 bits per heavy atom. The average Bonchev–Trinajstić information content (AvgIpc) is 3.15. The zero-order valence-electron chi connectivity index (χ0n) is 13.5. The number of rotatable bonds is 6. The zero-order valence-corrected chi connectivity index (χ0v) is 13.5. The molecule has 0 atom stereocenters. The van der Waals surface area contributed by atoms with Crippen LogP contribution in [0.2, 0.25) is 0 Å². The van der Waals surface area contributed by atoms with Crippen LogP contribution in [0.3, 0.4) is 0 Å². The fourth-order valence-corrected chi connectivity index (χ4v) is 2.62. The van der Waals surface area contributed by atoms with Crippen LogP contribution in [0, 0.1) is 12.3 Å². The minimum absolute atomic E-state index is 0.231. The summed E-state index contributed by atoms with van der Waals surface area (Å²) in [4.78, 5) is 35.2. The minimum atomic E-state index is -0.485. The van der Waals surface area contributed by atoms with E-state index in [9.17, 15) is 14.4 Å². The van der Waals surface area contributed by atoms with Crippen molar-refractivity contribution in [3.8, 4) is 0 Å². The third kappa shape index (κ3) is 4.06. The highest BCUT2D eigenvalue weighted by Gasteiger charge is 2.36. The van der Waals surface area contributed by atoms with Crippen molar-refractivity contribution in [1.82, 2.24) is 5.32 Å². The van der Waals surface area contributed by atoms with Gasteiger partial charge in [0.2, 0.25) is 5.91 Å².